The van der Waals surface area contributed by atoms with E-state index in [1.54, 1.807) is 0 Å². The molecule has 0 aromatic rings. The molecule has 96 valence electrons. The van der Waals surface area contributed by atoms with Gasteiger partial charge in [0.25, 0.3) is 5.91 Å². The highest BCUT2D eigenvalue weighted by molar-refractivity contribution is 6.36. The van der Waals surface area contributed by atoms with E-state index in [0.29, 0.717) is 0 Å². The Morgan fingerprint density at radius 3 is 2.44 bits per heavy atom. The molecule has 2 heterocycles. The van der Waals surface area contributed by atoms with Gasteiger partial charge >= 0.3 is 5.97 Å². The van der Waals surface area contributed by atoms with Crippen molar-refractivity contribution in [1.82, 2.24) is 10.2 Å². The third-order valence-electron chi connectivity index (χ3n) is 2.45. The fourth-order valence-corrected chi connectivity index (χ4v) is 1.63. The summed E-state index contributed by atoms with van der Waals surface area (Å²) in [6.07, 6.45) is -1.27. The third-order valence-corrected chi connectivity index (χ3v) is 2.45. The number of nitrogens with zero attached hydrogens (tertiary/aromatic N) is 2. The van der Waals surface area contributed by atoms with E-state index in [2.05, 4.69) is 9.99 Å². The standard InChI is InChI=1S/C9H9N3O6/c13-6-2-12(3-7(14)10-6)8(15)5-1-4(9(16)17)11-18-5/h5H,1-3H2,(H,16,17)(H,10,13,14). The van der Waals surface area contributed by atoms with Gasteiger partial charge in [-0.25, -0.2) is 4.79 Å². The van der Waals surface area contributed by atoms with Gasteiger partial charge in [-0.3, -0.25) is 19.7 Å². The van der Waals surface area contributed by atoms with Gasteiger partial charge in [0, 0.05) is 6.42 Å². The molecule has 0 aromatic carbocycles. The third kappa shape index (κ3) is 2.29. The molecule has 1 atom stereocenters. The van der Waals surface area contributed by atoms with Crippen molar-refractivity contribution in [2.45, 2.75) is 12.5 Å². The SMILES string of the molecule is O=C1CN(C(=O)C2CC(C(=O)O)=NO2)CC(=O)N1. The van der Waals surface area contributed by atoms with Crippen molar-refractivity contribution >= 4 is 29.4 Å². The van der Waals surface area contributed by atoms with Gasteiger partial charge in [0.1, 0.15) is 13.1 Å². The molecule has 2 aliphatic rings. The molecule has 1 unspecified atom stereocenters. The minimum Gasteiger partial charge on any atom is -0.477 e. The van der Waals surface area contributed by atoms with E-state index >= 15 is 0 Å². The number of carbonyl (C=O) groups is 4. The lowest BCUT2D eigenvalue weighted by Crippen LogP contribution is -2.55. The zero-order valence-corrected chi connectivity index (χ0v) is 9.08. The summed E-state index contributed by atoms with van der Waals surface area (Å²) in [7, 11) is 0. The summed E-state index contributed by atoms with van der Waals surface area (Å²) in [5.74, 6) is -3.06. The Morgan fingerprint density at radius 2 is 1.94 bits per heavy atom. The number of nitrogens with one attached hydrogen (secondary N) is 1. The van der Waals surface area contributed by atoms with Crippen LogP contribution in [0.25, 0.3) is 0 Å². The summed E-state index contributed by atoms with van der Waals surface area (Å²) in [5.41, 5.74) is -0.263. The molecule has 2 N–H and O–H groups in total. The maximum absolute atomic E-state index is 11.9. The minimum absolute atomic E-state index is 0.180. The molecule has 0 spiro atoms. The Kier molecular flexibility index (Phi) is 2.96. The fraction of sp³-hybridized carbons (Fsp3) is 0.444. The summed E-state index contributed by atoms with van der Waals surface area (Å²) in [4.78, 5) is 50.3. The van der Waals surface area contributed by atoms with Crippen LogP contribution >= 0.6 is 0 Å². The molecule has 2 rings (SSSR count). The minimum atomic E-state index is -1.27. The van der Waals surface area contributed by atoms with E-state index < -0.39 is 29.8 Å². The number of carbonyl (C=O) groups excluding carboxylic acids is 3. The Labute approximate surface area is 100 Å². The van der Waals surface area contributed by atoms with Gasteiger partial charge in [-0.2, -0.15) is 0 Å². The maximum Gasteiger partial charge on any atom is 0.353 e. The number of amides is 3. The van der Waals surface area contributed by atoms with Crippen LogP contribution in [0.4, 0.5) is 0 Å². The van der Waals surface area contributed by atoms with E-state index in [9.17, 15) is 19.2 Å². The summed E-state index contributed by atoms with van der Waals surface area (Å²) in [5, 5.41) is 14.0. The molecule has 0 saturated carbocycles. The van der Waals surface area contributed by atoms with Crippen molar-refractivity contribution in [3.05, 3.63) is 0 Å². The van der Waals surface area contributed by atoms with Crippen LogP contribution in [0.2, 0.25) is 0 Å². The van der Waals surface area contributed by atoms with Gasteiger partial charge in [-0.15, -0.1) is 0 Å². The van der Waals surface area contributed by atoms with E-state index in [1.807, 2.05) is 5.32 Å². The molecule has 1 fully saturated rings. The van der Waals surface area contributed by atoms with E-state index in [0.717, 1.165) is 4.90 Å². The number of hydrogen-bond acceptors (Lipinski definition) is 6. The first-order valence-corrected chi connectivity index (χ1v) is 5.05. The highest BCUT2D eigenvalue weighted by Gasteiger charge is 2.37. The monoisotopic (exact) mass is 255 g/mol. The fourth-order valence-electron chi connectivity index (χ4n) is 1.63. The molecule has 0 aliphatic carbocycles. The van der Waals surface area contributed by atoms with Gasteiger partial charge in [-0.1, -0.05) is 5.16 Å². The number of hydrogen-bond donors (Lipinski definition) is 2. The average molecular weight is 255 g/mol. The van der Waals surface area contributed by atoms with Crippen LogP contribution < -0.4 is 5.32 Å². The Balaban J connectivity index is 1.99. The highest BCUT2D eigenvalue weighted by atomic mass is 16.6. The van der Waals surface area contributed by atoms with E-state index in [4.69, 9.17) is 5.11 Å². The normalized spacial score (nSPS) is 23.2. The molecule has 0 bridgehead atoms. The van der Waals surface area contributed by atoms with Gasteiger partial charge in [0.05, 0.1) is 0 Å². The molecule has 0 aromatic heterocycles. The Hall–Kier alpha value is -2.45. The molecule has 1 saturated heterocycles. The number of rotatable bonds is 2. The second kappa shape index (κ2) is 4.43. The number of aliphatic carboxylic acids is 1. The number of carboxylic acids is 1. The molecule has 18 heavy (non-hydrogen) atoms. The second-order valence-corrected chi connectivity index (χ2v) is 3.81. The first-order chi connectivity index (χ1) is 8.47. The zero-order chi connectivity index (χ0) is 13.3. The van der Waals surface area contributed by atoms with Crippen molar-refractivity contribution in [3.8, 4) is 0 Å². The first-order valence-electron chi connectivity index (χ1n) is 5.05. The van der Waals surface area contributed by atoms with Crippen LogP contribution in [0.3, 0.4) is 0 Å². The predicted octanol–water partition coefficient (Wildman–Crippen LogP) is -2.30. The topological polar surface area (TPSA) is 125 Å². The lowest BCUT2D eigenvalue weighted by atomic mass is 10.1. The van der Waals surface area contributed by atoms with E-state index in [-0.39, 0.29) is 25.2 Å². The molecular formula is C9H9N3O6. The van der Waals surface area contributed by atoms with Crippen LogP contribution in [0.15, 0.2) is 5.16 Å². The summed E-state index contributed by atoms with van der Waals surface area (Å²) >= 11 is 0. The zero-order valence-electron chi connectivity index (χ0n) is 9.08. The van der Waals surface area contributed by atoms with Crippen LogP contribution in [-0.2, 0) is 24.0 Å². The van der Waals surface area contributed by atoms with Crippen LogP contribution in [0, 0.1) is 0 Å². The maximum atomic E-state index is 11.9. The van der Waals surface area contributed by atoms with Gasteiger partial charge in [0.15, 0.2) is 5.71 Å². The number of carboxylic acid groups (broad SMARTS) is 1. The lowest BCUT2D eigenvalue weighted by molar-refractivity contribution is -0.151. The number of oxime groups is 1. The number of imide groups is 1. The van der Waals surface area contributed by atoms with Crippen molar-refractivity contribution in [3.63, 3.8) is 0 Å². The smallest absolute Gasteiger partial charge is 0.353 e. The molecular weight excluding hydrogens is 246 g/mol. The summed E-state index contributed by atoms with van der Waals surface area (Å²) in [6, 6.07) is 0. The largest absolute Gasteiger partial charge is 0.477 e. The molecule has 2 aliphatic heterocycles. The molecule has 0 radical (unpaired) electrons. The Bertz CT molecular complexity index is 455. The second-order valence-electron chi connectivity index (χ2n) is 3.81. The van der Waals surface area contributed by atoms with Crippen molar-refractivity contribution in [2.75, 3.05) is 13.1 Å². The average Bonchev–Trinajstić information content (AvgIpc) is 2.75. The van der Waals surface area contributed by atoms with Crippen molar-refractivity contribution in [2.24, 2.45) is 5.16 Å². The number of piperazine rings is 1. The van der Waals surface area contributed by atoms with Gasteiger partial charge < -0.3 is 14.8 Å². The quantitative estimate of drug-likeness (QED) is 0.534. The summed E-state index contributed by atoms with van der Waals surface area (Å²) in [6.45, 7) is -0.514. The van der Waals surface area contributed by atoms with E-state index in [1.165, 1.54) is 0 Å². The first kappa shape index (κ1) is 12.0. The van der Waals surface area contributed by atoms with Crippen LogP contribution in [-0.4, -0.2) is 58.6 Å². The van der Waals surface area contributed by atoms with Crippen LogP contribution in [0.1, 0.15) is 6.42 Å². The molecule has 3 amide bonds. The predicted molar refractivity (Wildman–Crippen MR) is 54.3 cm³/mol. The van der Waals surface area contributed by atoms with Gasteiger partial charge in [0.2, 0.25) is 17.9 Å². The van der Waals surface area contributed by atoms with Crippen molar-refractivity contribution < 1.29 is 29.1 Å². The Morgan fingerprint density at radius 1 is 1.33 bits per heavy atom. The highest BCUT2D eigenvalue weighted by Crippen LogP contribution is 2.14. The van der Waals surface area contributed by atoms with Crippen LogP contribution in [0.5, 0.6) is 0 Å². The molecule has 9 nitrogen and oxygen atoms in total. The lowest BCUT2D eigenvalue weighted by Gasteiger charge is -2.26. The van der Waals surface area contributed by atoms with Gasteiger partial charge in [-0.05, 0) is 0 Å². The molecule has 9 heteroatoms. The van der Waals surface area contributed by atoms with Crippen molar-refractivity contribution in [1.29, 1.82) is 0 Å². The summed E-state index contributed by atoms with van der Waals surface area (Å²) < 4.78 is 0.